The van der Waals surface area contributed by atoms with Crippen LogP contribution in [0.3, 0.4) is 0 Å². The van der Waals surface area contributed by atoms with E-state index in [-0.39, 0.29) is 18.4 Å². The van der Waals surface area contributed by atoms with Crippen molar-refractivity contribution in [2.75, 3.05) is 46.3 Å². The molecular formula is C12H23N3O2. The molecule has 5 heteroatoms. The fourth-order valence-corrected chi connectivity index (χ4v) is 1.94. The zero-order chi connectivity index (χ0) is 12.8. The average Bonchev–Trinajstić information content (AvgIpc) is 2.29. The van der Waals surface area contributed by atoms with Gasteiger partial charge in [-0.25, -0.2) is 0 Å². The lowest BCUT2D eigenvalue weighted by atomic mass is 10.3. The van der Waals surface area contributed by atoms with Crippen molar-refractivity contribution in [2.24, 2.45) is 0 Å². The van der Waals surface area contributed by atoms with E-state index < -0.39 is 0 Å². The molecule has 0 aromatic carbocycles. The third kappa shape index (κ3) is 4.34. The zero-order valence-electron chi connectivity index (χ0n) is 11.1. The highest BCUT2D eigenvalue weighted by Crippen LogP contribution is 2.02. The maximum absolute atomic E-state index is 12.0. The highest BCUT2D eigenvalue weighted by Gasteiger charge is 2.21. The van der Waals surface area contributed by atoms with Crippen molar-refractivity contribution in [2.45, 2.75) is 20.3 Å². The van der Waals surface area contributed by atoms with Gasteiger partial charge in [0.2, 0.25) is 11.8 Å². The Balaban J connectivity index is 2.44. The summed E-state index contributed by atoms with van der Waals surface area (Å²) in [5.41, 5.74) is 0. The van der Waals surface area contributed by atoms with E-state index in [4.69, 9.17) is 0 Å². The number of rotatable bonds is 4. The van der Waals surface area contributed by atoms with Crippen molar-refractivity contribution in [3.8, 4) is 0 Å². The molecule has 0 unspecified atom stereocenters. The SMILES string of the molecule is CCCN(CC(=O)N1CCN(C)CC1)C(C)=O. The van der Waals surface area contributed by atoms with Crippen LogP contribution in [-0.2, 0) is 9.59 Å². The van der Waals surface area contributed by atoms with E-state index in [0.29, 0.717) is 6.54 Å². The third-order valence-corrected chi connectivity index (χ3v) is 3.12. The van der Waals surface area contributed by atoms with Gasteiger partial charge in [-0.1, -0.05) is 6.92 Å². The fraction of sp³-hybridized carbons (Fsp3) is 0.833. The Labute approximate surface area is 103 Å². The summed E-state index contributed by atoms with van der Waals surface area (Å²) in [7, 11) is 2.06. The Morgan fingerprint density at radius 3 is 2.24 bits per heavy atom. The maximum atomic E-state index is 12.0. The average molecular weight is 241 g/mol. The first-order valence-electron chi connectivity index (χ1n) is 6.26. The molecule has 0 aliphatic carbocycles. The minimum Gasteiger partial charge on any atom is -0.339 e. The molecule has 1 heterocycles. The predicted molar refractivity (Wildman–Crippen MR) is 66.6 cm³/mol. The van der Waals surface area contributed by atoms with Crippen LogP contribution in [0.1, 0.15) is 20.3 Å². The number of carbonyl (C=O) groups is 2. The van der Waals surface area contributed by atoms with Crippen molar-refractivity contribution in [1.29, 1.82) is 0 Å². The van der Waals surface area contributed by atoms with E-state index >= 15 is 0 Å². The number of hydrogen-bond acceptors (Lipinski definition) is 3. The summed E-state index contributed by atoms with van der Waals surface area (Å²) in [6.07, 6.45) is 0.885. The van der Waals surface area contributed by atoms with Crippen LogP contribution in [0.4, 0.5) is 0 Å². The number of hydrogen-bond donors (Lipinski definition) is 0. The highest BCUT2D eigenvalue weighted by molar-refractivity contribution is 5.83. The molecule has 0 aromatic rings. The predicted octanol–water partition coefficient (Wildman–Crippen LogP) is 0.0189. The molecule has 2 amide bonds. The van der Waals surface area contributed by atoms with Gasteiger partial charge in [0, 0.05) is 39.6 Å². The first kappa shape index (κ1) is 14.0. The zero-order valence-corrected chi connectivity index (χ0v) is 11.1. The normalized spacial score (nSPS) is 17.0. The lowest BCUT2D eigenvalue weighted by Gasteiger charge is -2.33. The summed E-state index contributed by atoms with van der Waals surface area (Å²) in [6, 6.07) is 0. The van der Waals surface area contributed by atoms with Gasteiger partial charge in [-0.05, 0) is 13.5 Å². The molecule has 0 spiro atoms. The van der Waals surface area contributed by atoms with Crippen molar-refractivity contribution >= 4 is 11.8 Å². The van der Waals surface area contributed by atoms with Crippen LogP contribution in [0.25, 0.3) is 0 Å². The molecule has 1 aliphatic rings. The van der Waals surface area contributed by atoms with Crippen LogP contribution in [-0.4, -0.2) is 72.8 Å². The summed E-state index contributed by atoms with van der Waals surface area (Å²) in [4.78, 5) is 29.0. The summed E-state index contributed by atoms with van der Waals surface area (Å²) in [5.74, 6) is 0.0519. The summed E-state index contributed by atoms with van der Waals surface area (Å²) in [5, 5.41) is 0. The molecule has 1 aliphatic heterocycles. The molecular weight excluding hydrogens is 218 g/mol. The van der Waals surface area contributed by atoms with Crippen molar-refractivity contribution in [3.05, 3.63) is 0 Å². The standard InChI is InChI=1S/C12H23N3O2/c1-4-5-15(11(2)16)10-12(17)14-8-6-13(3)7-9-14/h4-10H2,1-3H3. The van der Waals surface area contributed by atoms with Crippen molar-refractivity contribution in [1.82, 2.24) is 14.7 Å². The molecule has 5 nitrogen and oxygen atoms in total. The van der Waals surface area contributed by atoms with Gasteiger partial charge < -0.3 is 14.7 Å². The molecule has 17 heavy (non-hydrogen) atoms. The van der Waals surface area contributed by atoms with E-state index in [0.717, 1.165) is 32.6 Å². The van der Waals surface area contributed by atoms with Gasteiger partial charge in [0.05, 0.1) is 6.54 Å². The van der Waals surface area contributed by atoms with Crippen molar-refractivity contribution in [3.63, 3.8) is 0 Å². The van der Waals surface area contributed by atoms with E-state index in [1.54, 1.807) is 4.90 Å². The van der Waals surface area contributed by atoms with Crippen LogP contribution >= 0.6 is 0 Å². The Hall–Kier alpha value is -1.10. The van der Waals surface area contributed by atoms with Gasteiger partial charge in [-0.3, -0.25) is 9.59 Å². The maximum Gasteiger partial charge on any atom is 0.242 e. The summed E-state index contributed by atoms with van der Waals surface area (Å²) < 4.78 is 0. The summed E-state index contributed by atoms with van der Waals surface area (Å²) in [6.45, 7) is 7.80. The fourth-order valence-electron chi connectivity index (χ4n) is 1.94. The molecule has 98 valence electrons. The third-order valence-electron chi connectivity index (χ3n) is 3.12. The Kier molecular flexibility index (Phi) is 5.41. The van der Waals surface area contributed by atoms with E-state index in [2.05, 4.69) is 11.9 Å². The molecule has 1 fully saturated rings. The molecule has 1 saturated heterocycles. The van der Waals surface area contributed by atoms with Crippen LogP contribution in [0.5, 0.6) is 0 Å². The van der Waals surface area contributed by atoms with E-state index in [9.17, 15) is 9.59 Å². The number of carbonyl (C=O) groups excluding carboxylic acids is 2. The van der Waals surface area contributed by atoms with Crippen LogP contribution in [0.2, 0.25) is 0 Å². The van der Waals surface area contributed by atoms with Crippen LogP contribution < -0.4 is 0 Å². The van der Waals surface area contributed by atoms with Gasteiger partial charge in [-0.15, -0.1) is 0 Å². The largest absolute Gasteiger partial charge is 0.339 e. The molecule has 1 rings (SSSR count). The molecule has 0 aromatic heterocycles. The molecule has 0 saturated carbocycles. The lowest BCUT2D eigenvalue weighted by Crippen LogP contribution is -2.50. The second-order valence-corrected chi connectivity index (χ2v) is 4.62. The first-order chi connectivity index (χ1) is 8.04. The Morgan fingerprint density at radius 1 is 1.18 bits per heavy atom. The number of piperazine rings is 1. The van der Waals surface area contributed by atoms with Gasteiger partial charge >= 0.3 is 0 Å². The first-order valence-corrected chi connectivity index (χ1v) is 6.26. The van der Waals surface area contributed by atoms with Gasteiger partial charge in [0.25, 0.3) is 0 Å². The van der Waals surface area contributed by atoms with Crippen molar-refractivity contribution < 1.29 is 9.59 Å². The Morgan fingerprint density at radius 2 is 1.76 bits per heavy atom. The minimum absolute atomic E-state index is 0.0191. The smallest absolute Gasteiger partial charge is 0.242 e. The van der Waals surface area contributed by atoms with Crippen LogP contribution in [0, 0.1) is 0 Å². The van der Waals surface area contributed by atoms with Gasteiger partial charge in [0.1, 0.15) is 0 Å². The minimum atomic E-state index is -0.0191. The van der Waals surface area contributed by atoms with Gasteiger partial charge in [0.15, 0.2) is 0 Å². The number of nitrogens with zero attached hydrogens (tertiary/aromatic N) is 3. The van der Waals surface area contributed by atoms with Crippen LogP contribution in [0.15, 0.2) is 0 Å². The van der Waals surface area contributed by atoms with Gasteiger partial charge in [-0.2, -0.15) is 0 Å². The monoisotopic (exact) mass is 241 g/mol. The summed E-state index contributed by atoms with van der Waals surface area (Å²) >= 11 is 0. The topological polar surface area (TPSA) is 43.9 Å². The lowest BCUT2D eigenvalue weighted by molar-refractivity contribution is -0.140. The number of likely N-dealkylation sites (N-methyl/N-ethyl adjacent to an activating group) is 1. The van der Waals surface area contributed by atoms with E-state index in [1.165, 1.54) is 6.92 Å². The molecule has 0 atom stereocenters. The number of amides is 2. The molecule has 0 bridgehead atoms. The van der Waals surface area contributed by atoms with E-state index in [1.807, 2.05) is 11.8 Å². The Bertz CT molecular complexity index is 273. The second-order valence-electron chi connectivity index (χ2n) is 4.62. The molecule has 0 radical (unpaired) electrons. The molecule has 0 N–H and O–H groups in total. The highest BCUT2D eigenvalue weighted by atomic mass is 16.2. The quantitative estimate of drug-likeness (QED) is 0.697. The second kappa shape index (κ2) is 6.59.